The number of amides is 1. The van der Waals surface area contributed by atoms with E-state index in [2.05, 4.69) is 10.6 Å². The Morgan fingerprint density at radius 2 is 2.05 bits per heavy atom. The lowest BCUT2D eigenvalue weighted by Crippen LogP contribution is -2.48. The molecule has 1 amide bonds. The van der Waals surface area contributed by atoms with E-state index in [0.29, 0.717) is 24.4 Å². The van der Waals surface area contributed by atoms with Crippen LogP contribution in [0.25, 0.3) is 0 Å². The summed E-state index contributed by atoms with van der Waals surface area (Å²) >= 11 is 0. The second-order valence-electron chi connectivity index (χ2n) is 5.84. The molecule has 0 bridgehead atoms. The van der Waals surface area contributed by atoms with Crippen molar-refractivity contribution in [3.63, 3.8) is 0 Å². The van der Waals surface area contributed by atoms with Crippen molar-refractivity contribution in [1.29, 1.82) is 0 Å². The summed E-state index contributed by atoms with van der Waals surface area (Å²) in [6, 6.07) is 5.30. The molecule has 0 spiro atoms. The van der Waals surface area contributed by atoms with Crippen LogP contribution in [0.15, 0.2) is 24.3 Å². The van der Waals surface area contributed by atoms with Crippen molar-refractivity contribution in [2.24, 2.45) is 11.8 Å². The molecule has 3 rings (SSSR count). The monoisotopic (exact) mass is 334 g/mol. The minimum absolute atomic E-state index is 0. The molecule has 1 saturated carbocycles. The van der Waals surface area contributed by atoms with E-state index in [1.54, 1.807) is 6.07 Å². The zero-order valence-electron chi connectivity index (χ0n) is 11.8. The summed E-state index contributed by atoms with van der Waals surface area (Å²) < 4.78 is 38.0. The van der Waals surface area contributed by atoms with Crippen LogP contribution in [0.1, 0.15) is 23.5 Å². The Labute approximate surface area is 133 Å². The number of rotatable bonds is 4. The first-order valence-corrected chi connectivity index (χ1v) is 7.11. The number of nitrogens with one attached hydrogen (secondary N) is 2. The van der Waals surface area contributed by atoms with Crippen LogP contribution >= 0.6 is 12.4 Å². The molecule has 2 aliphatic rings. The standard InChI is InChI=1S/C15H17F3N2O.ClH/c16-15(17,18)11-3-1-2-10(4-11)12-5-13(12)14(21)20-8-9-6-19-7-9;/h1-4,9,12-13,19H,5-8H2,(H,20,21);1H. The van der Waals surface area contributed by atoms with Gasteiger partial charge in [0.15, 0.2) is 0 Å². The number of alkyl halides is 3. The van der Waals surface area contributed by atoms with Crippen LogP contribution in [0.4, 0.5) is 13.2 Å². The second kappa shape index (κ2) is 6.46. The zero-order valence-corrected chi connectivity index (χ0v) is 12.6. The number of hydrogen-bond acceptors (Lipinski definition) is 2. The maximum absolute atomic E-state index is 12.7. The van der Waals surface area contributed by atoms with Gasteiger partial charge in [0.1, 0.15) is 0 Å². The van der Waals surface area contributed by atoms with E-state index < -0.39 is 11.7 Å². The fraction of sp³-hybridized carbons (Fsp3) is 0.533. The van der Waals surface area contributed by atoms with Crippen molar-refractivity contribution in [2.45, 2.75) is 18.5 Å². The lowest BCUT2D eigenvalue weighted by Gasteiger charge is -2.27. The summed E-state index contributed by atoms with van der Waals surface area (Å²) in [7, 11) is 0. The molecule has 0 aromatic heterocycles. The van der Waals surface area contributed by atoms with E-state index in [1.807, 2.05) is 0 Å². The van der Waals surface area contributed by atoms with Gasteiger partial charge < -0.3 is 10.6 Å². The lowest BCUT2D eigenvalue weighted by atomic mass is 10.0. The summed E-state index contributed by atoms with van der Waals surface area (Å²) in [5.74, 6) is 0.192. The molecule has 1 aliphatic carbocycles. The molecule has 1 heterocycles. The first-order valence-electron chi connectivity index (χ1n) is 7.11. The minimum Gasteiger partial charge on any atom is -0.355 e. The largest absolute Gasteiger partial charge is 0.416 e. The van der Waals surface area contributed by atoms with Crippen molar-refractivity contribution < 1.29 is 18.0 Å². The first kappa shape index (κ1) is 17.1. The Balaban J connectivity index is 0.00000176. The molecule has 1 aliphatic heterocycles. The van der Waals surface area contributed by atoms with Crippen molar-refractivity contribution >= 4 is 18.3 Å². The van der Waals surface area contributed by atoms with Crippen LogP contribution in [0, 0.1) is 11.8 Å². The number of carbonyl (C=O) groups is 1. The Morgan fingerprint density at radius 3 is 2.64 bits per heavy atom. The fourth-order valence-electron chi connectivity index (χ4n) is 2.67. The van der Waals surface area contributed by atoms with Gasteiger partial charge >= 0.3 is 6.18 Å². The molecule has 2 unspecified atom stereocenters. The molecule has 1 aromatic carbocycles. The van der Waals surface area contributed by atoms with Crippen LogP contribution in [-0.2, 0) is 11.0 Å². The number of benzene rings is 1. The third kappa shape index (κ3) is 3.73. The van der Waals surface area contributed by atoms with Gasteiger partial charge in [-0.1, -0.05) is 18.2 Å². The summed E-state index contributed by atoms with van der Waals surface area (Å²) in [6.07, 6.45) is -3.70. The van der Waals surface area contributed by atoms with Gasteiger partial charge in [0, 0.05) is 31.5 Å². The average molecular weight is 335 g/mol. The smallest absolute Gasteiger partial charge is 0.355 e. The highest BCUT2D eigenvalue weighted by Gasteiger charge is 2.44. The summed E-state index contributed by atoms with van der Waals surface area (Å²) in [4.78, 5) is 12.0. The molecule has 7 heteroatoms. The fourth-order valence-corrected chi connectivity index (χ4v) is 2.67. The van der Waals surface area contributed by atoms with Gasteiger partial charge in [-0.25, -0.2) is 0 Å². The second-order valence-corrected chi connectivity index (χ2v) is 5.84. The van der Waals surface area contributed by atoms with E-state index in [0.717, 1.165) is 25.2 Å². The summed E-state index contributed by atoms with van der Waals surface area (Å²) in [6.45, 7) is 2.49. The summed E-state index contributed by atoms with van der Waals surface area (Å²) in [5.41, 5.74) is -0.0399. The van der Waals surface area contributed by atoms with Gasteiger partial charge in [-0.05, 0) is 24.0 Å². The highest BCUT2D eigenvalue weighted by molar-refractivity contribution is 5.85. The third-order valence-corrected chi connectivity index (χ3v) is 4.20. The van der Waals surface area contributed by atoms with Crippen LogP contribution in [-0.4, -0.2) is 25.5 Å². The first-order chi connectivity index (χ1) is 9.95. The molecule has 2 atom stereocenters. The molecule has 122 valence electrons. The third-order valence-electron chi connectivity index (χ3n) is 4.20. The van der Waals surface area contributed by atoms with Crippen LogP contribution in [0.3, 0.4) is 0 Å². The van der Waals surface area contributed by atoms with Gasteiger partial charge in [0.2, 0.25) is 5.91 Å². The SMILES string of the molecule is Cl.O=C(NCC1CNC1)C1CC1c1cccc(C(F)(F)F)c1. The van der Waals surface area contributed by atoms with E-state index in [1.165, 1.54) is 6.07 Å². The molecular formula is C15H18ClF3N2O. The van der Waals surface area contributed by atoms with E-state index in [-0.39, 0.29) is 30.2 Å². The Morgan fingerprint density at radius 1 is 1.32 bits per heavy atom. The predicted octanol–water partition coefficient (Wildman–Crippen LogP) is 2.57. The molecule has 22 heavy (non-hydrogen) atoms. The molecular weight excluding hydrogens is 317 g/mol. The predicted molar refractivity (Wildman–Crippen MR) is 78.9 cm³/mol. The Hall–Kier alpha value is -1.27. The van der Waals surface area contributed by atoms with Crippen LogP contribution in [0.2, 0.25) is 0 Å². The maximum atomic E-state index is 12.7. The maximum Gasteiger partial charge on any atom is 0.416 e. The average Bonchev–Trinajstić information content (AvgIpc) is 3.16. The van der Waals surface area contributed by atoms with Crippen molar-refractivity contribution in [1.82, 2.24) is 10.6 Å². The van der Waals surface area contributed by atoms with Crippen LogP contribution in [0.5, 0.6) is 0 Å². The van der Waals surface area contributed by atoms with Gasteiger partial charge in [-0.2, -0.15) is 13.2 Å². The zero-order chi connectivity index (χ0) is 15.0. The van der Waals surface area contributed by atoms with Crippen molar-refractivity contribution in [3.05, 3.63) is 35.4 Å². The molecule has 2 fully saturated rings. The van der Waals surface area contributed by atoms with E-state index in [4.69, 9.17) is 0 Å². The number of carbonyl (C=O) groups excluding carboxylic acids is 1. The van der Waals surface area contributed by atoms with Gasteiger partial charge in [-0.3, -0.25) is 4.79 Å². The Bertz CT molecular complexity index is 546. The number of halogens is 4. The number of hydrogen-bond donors (Lipinski definition) is 2. The quantitative estimate of drug-likeness (QED) is 0.888. The topological polar surface area (TPSA) is 41.1 Å². The van der Waals surface area contributed by atoms with Gasteiger partial charge in [0.05, 0.1) is 5.56 Å². The molecule has 2 N–H and O–H groups in total. The minimum atomic E-state index is -4.33. The molecule has 0 radical (unpaired) electrons. The summed E-state index contributed by atoms with van der Waals surface area (Å²) in [5, 5.41) is 6.02. The molecule has 1 saturated heterocycles. The Kier molecular flexibility index (Phi) is 5.02. The molecule has 3 nitrogen and oxygen atoms in total. The highest BCUT2D eigenvalue weighted by Crippen LogP contribution is 2.48. The van der Waals surface area contributed by atoms with E-state index in [9.17, 15) is 18.0 Å². The van der Waals surface area contributed by atoms with E-state index >= 15 is 0 Å². The normalized spacial score (nSPS) is 24.1. The van der Waals surface area contributed by atoms with Gasteiger partial charge in [-0.15, -0.1) is 12.4 Å². The lowest BCUT2D eigenvalue weighted by molar-refractivity contribution is -0.137. The molecule has 1 aromatic rings. The van der Waals surface area contributed by atoms with Crippen molar-refractivity contribution in [3.8, 4) is 0 Å². The van der Waals surface area contributed by atoms with Gasteiger partial charge in [0.25, 0.3) is 0 Å². The van der Waals surface area contributed by atoms with Crippen molar-refractivity contribution in [2.75, 3.05) is 19.6 Å². The highest BCUT2D eigenvalue weighted by atomic mass is 35.5. The van der Waals surface area contributed by atoms with Crippen LogP contribution < -0.4 is 10.6 Å².